The molecule has 1 aromatic carbocycles. The Hall–Kier alpha value is -3.40. The van der Waals surface area contributed by atoms with Crippen LogP contribution in [0.3, 0.4) is 0 Å². The van der Waals surface area contributed by atoms with Crippen LogP contribution in [0.5, 0.6) is 0 Å². The number of piperidine rings is 1. The Morgan fingerprint density at radius 1 is 1.14 bits per heavy atom. The summed E-state index contributed by atoms with van der Waals surface area (Å²) in [6.45, 7) is 0.718. The number of aromatic nitrogens is 3. The number of benzene rings is 1. The largest absolute Gasteiger partial charge is 0.367 e. The first-order valence-corrected chi connectivity index (χ1v) is 12.3. The molecule has 2 fully saturated rings. The number of anilines is 2. The number of hydrogen-bond acceptors (Lipinski definition) is 7. The normalized spacial score (nSPS) is 18.6. The number of likely N-dealkylation sites (tertiary alicyclic amines) is 1. The van der Waals surface area contributed by atoms with E-state index in [1.54, 1.807) is 23.4 Å². The Morgan fingerprint density at radius 2 is 1.86 bits per heavy atom. The lowest BCUT2D eigenvalue weighted by atomic mass is 10.0. The summed E-state index contributed by atoms with van der Waals surface area (Å²) in [6.07, 6.45) is 5.31. The van der Waals surface area contributed by atoms with Gasteiger partial charge in [-0.2, -0.15) is 0 Å². The van der Waals surface area contributed by atoms with Crippen molar-refractivity contribution in [2.24, 2.45) is 0 Å². The molecule has 0 spiro atoms. The molecule has 3 heterocycles. The van der Waals surface area contributed by atoms with Gasteiger partial charge >= 0.3 is 0 Å². The average molecular weight is 496 g/mol. The third kappa shape index (κ3) is 5.53. The summed E-state index contributed by atoms with van der Waals surface area (Å²) < 4.78 is 27.7. The summed E-state index contributed by atoms with van der Waals surface area (Å²) in [5.74, 6) is -1.52. The number of hydrogen-bond donors (Lipinski definition) is 2. The molecule has 36 heavy (non-hydrogen) atoms. The molecule has 0 radical (unpaired) electrons. The molecule has 190 valence electrons. The first-order chi connectivity index (χ1) is 17.3. The van der Waals surface area contributed by atoms with Crippen molar-refractivity contribution in [2.45, 2.75) is 43.7 Å². The maximum atomic E-state index is 13.8. The van der Waals surface area contributed by atoms with E-state index in [1.165, 1.54) is 0 Å². The number of carbonyl (C=O) groups is 1. The lowest BCUT2D eigenvalue weighted by molar-refractivity contribution is -0.0632. The molecule has 5 rings (SSSR count). The van der Waals surface area contributed by atoms with Gasteiger partial charge in [0.05, 0.1) is 11.6 Å². The Balaban J connectivity index is 1.34. The zero-order valence-corrected chi connectivity index (χ0v) is 20.5. The van der Waals surface area contributed by atoms with Crippen LogP contribution in [0, 0.1) is 0 Å². The number of carbonyl (C=O) groups excluding carboxylic acids is 1. The van der Waals surface area contributed by atoms with E-state index in [2.05, 4.69) is 25.6 Å². The summed E-state index contributed by atoms with van der Waals surface area (Å²) in [5.41, 5.74) is 2.05. The summed E-state index contributed by atoms with van der Waals surface area (Å²) in [5, 5.41) is 7.17. The zero-order valence-electron chi connectivity index (χ0n) is 20.5. The van der Waals surface area contributed by atoms with Crippen molar-refractivity contribution < 1.29 is 13.6 Å². The van der Waals surface area contributed by atoms with Crippen LogP contribution >= 0.6 is 0 Å². The van der Waals surface area contributed by atoms with Crippen molar-refractivity contribution in [3.63, 3.8) is 0 Å². The van der Waals surface area contributed by atoms with Gasteiger partial charge in [0.25, 0.3) is 11.8 Å². The van der Waals surface area contributed by atoms with Crippen LogP contribution < -0.4 is 15.5 Å². The molecule has 1 saturated carbocycles. The van der Waals surface area contributed by atoms with Crippen LogP contribution in [0.4, 0.5) is 20.5 Å². The van der Waals surface area contributed by atoms with E-state index in [9.17, 15) is 13.6 Å². The van der Waals surface area contributed by atoms with Gasteiger partial charge in [-0.15, -0.1) is 0 Å². The second kappa shape index (κ2) is 9.93. The molecule has 8 nitrogen and oxygen atoms in total. The van der Waals surface area contributed by atoms with E-state index in [0.29, 0.717) is 17.6 Å². The van der Waals surface area contributed by atoms with Gasteiger partial charge in [0, 0.05) is 81.5 Å². The quantitative estimate of drug-likeness (QED) is 0.491. The smallest absolute Gasteiger partial charge is 0.252 e. The molecule has 2 N–H and O–H groups in total. The monoisotopic (exact) mass is 495 g/mol. The summed E-state index contributed by atoms with van der Waals surface area (Å²) in [4.78, 5) is 30.5. The van der Waals surface area contributed by atoms with Crippen LogP contribution in [0.2, 0.25) is 0 Å². The number of nitrogens with one attached hydrogen (secondary N) is 2. The number of fused-ring (bicyclic) bond motifs is 1. The molecule has 3 aromatic rings. The highest BCUT2D eigenvalue weighted by atomic mass is 19.3. The number of rotatable bonds is 8. The highest BCUT2D eigenvalue weighted by Gasteiger charge is 2.37. The summed E-state index contributed by atoms with van der Waals surface area (Å²) in [7, 11) is 3.70. The van der Waals surface area contributed by atoms with E-state index in [0.717, 1.165) is 35.1 Å². The van der Waals surface area contributed by atoms with E-state index >= 15 is 0 Å². The average Bonchev–Trinajstić information content (AvgIpc) is 3.68. The number of nitrogens with zero attached hydrogens (tertiary/aromatic N) is 5. The SMILES string of the molecule is CN(C)c1ncc(C(CNC(=O)c2cccc3nc(NC4CC4)ccc23)N2CCC(F)(F)CC2)cn1. The fourth-order valence-corrected chi connectivity index (χ4v) is 4.51. The lowest BCUT2D eigenvalue weighted by Gasteiger charge is -2.37. The van der Waals surface area contributed by atoms with Gasteiger partial charge in [0.1, 0.15) is 5.82 Å². The van der Waals surface area contributed by atoms with Gasteiger partial charge in [-0.25, -0.2) is 23.7 Å². The van der Waals surface area contributed by atoms with E-state index < -0.39 is 5.92 Å². The fraction of sp³-hybridized carbons (Fsp3) is 0.462. The molecule has 1 amide bonds. The van der Waals surface area contributed by atoms with Gasteiger partial charge in [0.15, 0.2) is 0 Å². The number of halogens is 2. The first kappa shape index (κ1) is 24.3. The molecular weight excluding hydrogens is 464 g/mol. The Morgan fingerprint density at radius 3 is 2.53 bits per heavy atom. The van der Waals surface area contributed by atoms with Crippen molar-refractivity contribution in [3.8, 4) is 0 Å². The molecule has 2 aromatic heterocycles. The molecule has 1 atom stereocenters. The van der Waals surface area contributed by atoms with E-state index in [1.807, 2.05) is 43.3 Å². The maximum absolute atomic E-state index is 13.8. The molecular formula is C26H31F2N7O. The number of pyridine rings is 1. The van der Waals surface area contributed by atoms with Crippen LogP contribution in [-0.4, -0.2) is 71.5 Å². The van der Waals surface area contributed by atoms with Gasteiger partial charge in [-0.05, 0) is 37.1 Å². The van der Waals surface area contributed by atoms with Gasteiger partial charge in [-0.1, -0.05) is 6.07 Å². The van der Waals surface area contributed by atoms with Gasteiger partial charge in [0.2, 0.25) is 5.95 Å². The fourth-order valence-electron chi connectivity index (χ4n) is 4.51. The lowest BCUT2D eigenvalue weighted by Crippen LogP contribution is -2.45. The third-order valence-corrected chi connectivity index (χ3v) is 6.78. The molecule has 1 aliphatic heterocycles. The predicted molar refractivity (Wildman–Crippen MR) is 136 cm³/mol. The van der Waals surface area contributed by atoms with Gasteiger partial charge in [-0.3, -0.25) is 9.69 Å². The summed E-state index contributed by atoms with van der Waals surface area (Å²) >= 11 is 0. The van der Waals surface area contributed by atoms with Crippen molar-refractivity contribution in [1.82, 2.24) is 25.2 Å². The molecule has 0 bridgehead atoms. The zero-order chi connectivity index (χ0) is 25.3. The Bertz CT molecular complexity index is 1220. The van der Waals surface area contributed by atoms with Crippen LogP contribution in [0.15, 0.2) is 42.7 Å². The highest BCUT2D eigenvalue weighted by molar-refractivity contribution is 6.06. The minimum atomic E-state index is -2.65. The van der Waals surface area contributed by atoms with Crippen molar-refractivity contribution in [3.05, 3.63) is 53.9 Å². The minimum absolute atomic E-state index is 0.208. The topological polar surface area (TPSA) is 86.3 Å². The first-order valence-electron chi connectivity index (χ1n) is 12.3. The van der Waals surface area contributed by atoms with E-state index in [-0.39, 0.29) is 44.4 Å². The van der Waals surface area contributed by atoms with E-state index in [4.69, 9.17) is 0 Å². The van der Waals surface area contributed by atoms with Gasteiger partial charge < -0.3 is 15.5 Å². The highest BCUT2D eigenvalue weighted by Crippen LogP contribution is 2.32. The molecule has 10 heteroatoms. The van der Waals surface area contributed by atoms with Crippen LogP contribution in [0.1, 0.15) is 47.6 Å². The molecule has 2 aliphatic rings. The van der Waals surface area contributed by atoms with Crippen LogP contribution in [0.25, 0.3) is 10.9 Å². The third-order valence-electron chi connectivity index (χ3n) is 6.78. The van der Waals surface area contributed by atoms with Crippen molar-refractivity contribution in [2.75, 3.05) is 43.9 Å². The predicted octanol–water partition coefficient (Wildman–Crippen LogP) is 3.87. The number of amides is 1. The minimum Gasteiger partial charge on any atom is -0.367 e. The van der Waals surface area contributed by atoms with Crippen molar-refractivity contribution >= 4 is 28.6 Å². The maximum Gasteiger partial charge on any atom is 0.252 e. The van der Waals surface area contributed by atoms with Crippen molar-refractivity contribution in [1.29, 1.82) is 0 Å². The molecule has 1 aliphatic carbocycles. The Kier molecular flexibility index (Phi) is 6.70. The van der Waals surface area contributed by atoms with Crippen LogP contribution in [-0.2, 0) is 0 Å². The molecule has 1 saturated heterocycles. The number of alkyl halides is 2. The second-order valence-electron chi connectivity index (χ2n) is 9.82. The summed E-state index contributed by atoms with van der Waals surface area (Å²) in [6, 6.07) is 9.48. The Labute approximate surface area is 209 Å². The molecule has 1 unspecified atom stereocenters. The standard InChI is InChI=1S/C26H31F2N7O/c1-34(2)25-30-14-17(15-31-25)22(35-12-10-26(27,28)11-13-35)16-29-24(36)20-4-3-5-21-19(20)8-9-23(33-21)32-18-6-7-18/h3-5,8-9,14-15,18,22H,6-7,10-13,16H2,1-2H3,(H,29,36)(H,32,33). The second-order valence-corrected chi connectivity index (χ2v) is 9.82.